The number of nitrogens with zero attached hydrogens (tertiary/aromatic N) is 1. The Morgan fingerprint density at radius 3 is 1.20 bits per heavy atom. The van der Waals surface area contributed by atoms with Crippen molar-refractivity contribution in [3.8, 4) is 0 Å². The molecule has 92 heavy (non-hydrogen) atoms. The molecule has 0 aromatic heterocycles. The van der Waals surface area contributed by atoms with Gasteiger partial charge in [0.2, 0.25) is 76.8 Å². The molecule has 36 heteroatoms. The van der Waals surface area contributed by atoms with E-state index in [9.17, 15) is 62.3 Å². The predicted octanol–water partition coefficient (Wildman–Crippen LogP) is -6.74. The Labute approximate surface area is 536 Å². The number of unbranched alkanes of at least 4 members (excludes halogenated alkanes) is 1. The minimum Gasteiger partial charge on any atom is -0.370 e. The van der Waals surface area contributed by atoms with Crippen molar-refractivity contribution in [3.05, 3.63) is 0 Å². The molecule has 1 rings (SSSR count). The van der Waals surface area contributed by atoms with E-state index in [0.29, 0.717) is 32.2 Å². The second kappa shape index (κ2) is 42.0. The maximum absolute atomic E-state index is 14.4. The molecular formula is C56H103N23O13. The smallest absolute Gasteiger partial charge is 0.243 e. The van der Waals surface area contributed by atoms with Crippen LogP contribution in [0.4, 0.5) is 0 Å². The van der Waals surface area contributed by atoms with Crippen molar-refractivity contribution in [3.63, 3.8) is 0 Å². The van der Waals surface area contributed by atoms with Gasteiger partial charge in [-0.25, -0.2) is 0 Å². The molecular weight excluding hydrogens is 1200 g/mol. The lowest BCUT2D eigenvalue weighted by Gasteiger charge is -2.29. The highest BCUT2D eigenvalue weighted by Gasteiger charge is 2.39. The second-order valence-electron chi connectivity index (χ2n) is 23.5. The Bertz CT molecular complexity index is 2570. The number of carbonyl (C=O) groups excluding carboxylic acids is 13. The van der Waals surface area contributed by atoms with Crippen LogP contribution in [0.25, 0.3) is 0 Å². The number of hydrogen-bond acceptors (Lipinski definition) is 17. The second-order valence-corrected chi connectivity index (χ2v) is 23.5. The molecule has 1 saturated heterocycles. The van der Waals surface area contributed by atoms with Crippen molar-refractivity contribution in [2.75, 3.05) is 32.7 Å². The monoisotopic (exact) mass is 1310 g/mol. The van der Waals surface area contributed by atoms with Crippen molar-refractivity contribution in [1.82, 2.24) is 68.7 Å². The zero-order valence-corrected chi connectivity index (χ0v) is 53.9. The van der Waals surface area contributed by atoms with E-state index >= 15 is 0 Å². The lowest BCUT2D eigenvalue weighted by molar-refractivity contribution is -0.142. The van der Waals surface area contributed by atoms with Gasteiger partial charge in [0, 0.05) is 44.9 Å². The number of nitrogens with one attached hydrogen (secondary N) is 15. The number of nitrogens with two attached hydrogens (primary N) is 7. The summed E-state index contributed by atoms with van der Waals surface area (Å²) in [5.74, 6) is -13.3. The van der Waals surface area contributed by atoms with E-state index in [0.717, 1.165) is 0 Å². The Morgan fingerprint density at radius 2 is 0.783 bits per heavy atom. The van der Waals surface area contributed by atoms with Gasteiger partial charge in [-0.2, -0.15) is 0 Å². The molecule has 0 aromatic rings. The molecule has 0 bridgehead atoms. The molecule has 0 aliphatic carbocycles. The summed E-state index contributed by atoms with van der Waals surface area (Å²) >= 11 is 0. The number of hydrogen-bond donors (Lipinski definition) is 22. The number of likely N-dealkylation sites (tertiary alicyclic amines) is 1. The van der Waals surface area contributed by atoms with Crippen molar-refractivity contribution < 1.29 is 62.3 Å². The molecule has 0 unspecified atom stereocenters. The van der Waals surface area contributed by atoms with Crippen molar-refractivity contribution in [2.45, 2.75) is 205 Å². The third kappa shape index (κ3) is 31.1. The Kier molecular flexibility index (Phi) is 37.0. The molecule has 1 aliphatic rings. The van der Waals surface area contributed by atoms with Gasteiger partial charge < -0.3 is 109 Å². The standard InChI is InChI=1S/C56H103N23O13/c1-28(2)41(51(90)70-31(6)43(60)82)78-49(88)35(17-12-26-69-56(65)66)76-52(91)42(29(3)4)77-44(83)32(7)71-45(84)33(15-8-9-23-57)72-47(86)36(19-21-39(58)80)74-46(85)34(16-11-25-68-55(63)64)73-48(87)37(20-22-40(59)81)75-50(89)38-18-13-27-79(38)53(92)30(5)14-10-24-67-54(61)62/h28-38,41-42H,8-27,57H2,1-7H3,(H2,58,80)(H2,59,81)(H2,60,82)(H,70,90)(H,71,84)(H,72,86)(H,73,87)(H,74,85)(H,75,89)(H,76,91)(H,77,83)(H,78,88)(H4,61,62,67)(H4,63,64,68)(H4,65,66,69)/t30-,31-,32-,33-,34-,35-,36-,37-,38-,41-,42-/m0/s1. The Balaban J connectivity index is 3.52. The number of guanidine groups is 3. The average Bonchev–Trinajstić information content (AvgIpc) is 1.69. The SMILES string of the molecule is CC(C)[C@H](NC(=O)[C@H](C)NC(=O)[C@H](CCCCN)NC(=O)[C@H](CCC(N)=O)NC(=O)[C@H](CCCNC(=N)N)NC(=O)[C@H](CCC(N)=O)NC(=O)[C@@H]1CCCN1C(=O)[C@@H](C)CCCNC(=N)N)C(=O)N[C@@H](CCCNC(=N)N)C(=O)N[C@H](C(=O)N[C@@H](C)C(N)=O)C(C)C. The fraction of sp³-hybridized carbons (Fsp3) is 0.714. The zero-order valence-electron chi connectivity index (χ0n) is 53.9. The third-order valence-corrected chi connectivity index (χ3v) is 14.9. The first-order chi connectivity index (χ1) is 43.1. The van der Waals surface area contributed by atoms with E-state index in [1.165, 1.54) is 18.7 Å². The van der Waals surface area contributed by atoms with Crippen LogP contribution >= 0.6 is 0 Å². The van der Waals surface area contributed by atoms with E-state index in [4.69, 9.17) is 56.4 Å². The van der Waals surface area contributed by atoms with Gasteiger partial charge in [-0.1, -0.05) is 34.6 Å². The molecule has 0 radical (unpaired) electrons. The maximum Gasteiger partial charge on any atom is 0.243 e. The van der Waals surface area contributed by atoms with Crippen LogP contribution < -0.4 is 104 Å². The molecule has 0 saturated carbocycles. The van der Waals surface area contributed by atoms with Gasteiger partial charge in [-0.05, 0) is 116 Å². The zero-order chi connectivity index (χ0) is 69.9. The largest absolute Gasteiger partial charge is 0.370 e. The lowest BCUT2D eigenvalue weighted by atomic mass is 10.00. The van der Waals surface area contributed by atoms with Crippen LogP contribution in [0, 0.1) is 34.0 Å². The molecule has 13 amide bonds. The van der Waals surface area contributed by atoms with Gasteiger partial charge in [0.1, 0.15) is 60.4 Å². The average molecular weight is 1310 g/mol. The Morgan fingerprint density at radius 1 is 0.424 bits per heavy atom. The van der Waals surface area contributed by atoms with Gasteiger partial charge in [0.15, 0.2) is 17.9 Å². The van der Waals surface area contributed by atoms with Crippen LogP contribution in [0.5, 0.6) is 0 Å². The van der Waals surface area contributed by atoms with Gasteiger partial charge in [-0.3, -0.25) is 78.6 Å². The summed E-state index contributed by atoms with van der Waals surface area (Å²) in [5, 5.41) is 53.3. The molecule has 1 aliphatic heterocycles. The van der Waals surface area contributed by atoms with Crippen LogP contribution in [0.15, 0.2) is 0 Å². The van der Waals surface area contributed by atoms with E-state index in [-0.39, 0.29) is 95.4 Å². The quantitative estimate of drug-likeness (QED) is 0.0153. The van der Waals surface area contributed by atoms with Gasteiger partial charge >= 0.3 is 0 Å². The van der Waals surface area contributed by atoms with E-state index in [1.54, 1.807) is 34.6 Å². The van der Waals surface area contributed by atoms with Crippen LogP contribution in [0.3, 0.4) is 0 Å². The molecule has 11 atom stereocenters. The number of primary amides is 3. The first kappa shape index (κ1) is 80.9. The number of amides is 13. The summed E-state index contributed by atoms with van der Waals surface area (Å²) in [6.07, 6.45) is 0.523. The van der Waals surface area contributed by atoms with E-state index in [1.807, 2.05) is 0 Å². The minimum atomic E-state index is -1.63. The topological polar surface area (TPSA) is 623 Å². The molecule has 0 aromatic carbocycles. The van der Waals surface area contributed by atoms with E-state index in [2.05, 4.69) is 63.8 Å². The molecule has 29 N–H and O–H groups in total. The number of carbonyl (C=O) groups is 13. The molecule has 1 fully saturated rings. The number of rotatable bonds is 44. The molecule has 36 nitrogen and oxygen atoms in total. The van der Waals surface area contributed by atoms with Crippen molar-refractivity contribution in [2.24, 2.45) is 57.9 Å². The highest BCUT2D eigenvalue weighted by atomic mass is 16.2. The lowest BCUT2D eigenvalue weighted by Crippen LogP contribution is -2.61. The summed E-state index contributed by atoms with van der Waals surface area (Å²) in [7, 11) is 0. The van der Waals surface area contributed by atoms with Crippen molar-refractivity contribution in [1.29, 1.82) is 16.2 Å². The van der Waals surface area contributed by atoms with Gasteiger partial charge in [-0.15, -0.1) is 0 Å². The summed E-state index contributed by atoms with van der Waals surface area (Å²) in [5.41, 5.74) is 38.3. The van der Waals surface area contributed by atoms with Crippen LogP contribution in [0.1, 0.15) is 145 Å². The normalized spacial score (nSPS) is 15.9. The van der Waals surface area contributed by atoms with Crippen LogP contribution in [-0.2, 0) is 62.3 Å². The first-order valence-corrected chi connectivity index (χ1v) is 30.9. The van der Waals surface area contributed by atoms with Crippen LogP contribution in [-0.4, -0.2) is 193 Å². The van der Waals surface area contributed by atoms with E-state index < -0.39 is 174 Å². The summed E-state index contributed by atoms with van der Waals surface area (Å²) in [6.45, 7) is 11.7. The highest BCUT2D eigenvalue weighted by Crippen LogP contribution is 2.22. The fourth-order valence-corrected chi connectivity index (χ4v) is 9.51. The van der Waals surface area contributed by atoms with Gasteiger partial charge in [0.25, 0.3) is 0 Å². The predicted molar refractivity (Wildman–Crippen MR) is 339 cm³/mol. The highest BCUT2D eigenvalue weighted by molar-refractivity contribution is 5.99. The third-order valence-electron chi connectivity index (χ3n) is 14.9. The Hall–Kier alpha value is -9.12. The molecule has 520 valence electrons. The molecule has 1 heterocycles. The van der Waals surface area contributed by atoms with Crippen LogP contribution in [0.2, 0.25) is 0 Å². The maximum atomic E-state index is 14.4. The van der Waals surface area contributed by atoms with Gasteiger partial charge in [0.05, 0.1) is 0 Å². The fourth-order valence-electron chi connectivity index (χ4n) is 9.51. The summed E-state index contributed by atoms with van der Waals surface area (Å²) < 4.78 is 0. The van der Waals surface area contributed by atoms with Crippen molar-refractivity contribution >= 4 is 94.7 Å². The molecule has 0 spiro atoms. The summed E-state index contributed by atoms with van der Waals surface area (Å²) in [4.78, 5) is 177. The first-order valence-electron chi connectivity index (χ1n) is 30.9. The minimum absolute atomic E-state index is 0.0196. The summed E-state index contributed by atoms with van der Waals surface area (Å²) in [6, 6.07) is -13.4.